The number of rotatable bonds is 4. The molecule has 0 bridgehead atoms. The van der Waals surface area contributed by atoms with Gasteiger partial charge in [-0.1, -0.05) is 11.6 Å². The van der Waals surface area contributed by atoms with E-state index in [1.54, 1.807) is 17.8 Å². The van der Waals surface area contributed by atoms with Crippen LogP contribution in [0.3, 0.4) is 0 Å². The molecular formula is C10H12ClN5O2. The van der Waals surface area contributed by atoms with Crippen molar-refractivity contribution in [2.45, 2.75) is 19.9 Å². The molecule has 96 valence electrons. The number of hydrogen-bond donors (Lipinski definition) is 1. The average molecular weight is 270 g/mol. The van der Waals surface area contributed by atoms with Gasteiger partial charge in [-0.05, 0) is 6.92 Å². The van der Waals surface area contributed by atoms with Gasteiger partial charge >= 0.3 is 5.97 Å². The van der Waals surface area contributed by atoms with Crippen LogP contribution in [-0.2, 0) is 16.1 Å². The van der Waals surface area contributed by atoms with E-state index in [9.17, 15) is 4.79 Å². The minimum absolute atomic E-state index is 0.0744. The van der Waals surface area contributed by atoms with Gasteiger partial charge in [0.05, 0.1) is 19.4 Å². The molecule has 2 aromatic rings. The fraction of sp³-hybridized carbons (Fsp3) is 0.400. The van der Waals surface area contributed by atoms with E-state index in [1.807, 2.05) is 0 Å². The van der Waals surface area contributed by atoms with Gasteiger partial charge in [-0.25, -0.2) is 4.98 Å². The summed E-state index contributed by atoms with van der Waals surface area (Å²) in [7, 11) is 0. The van der Waals surface area contributed by atoms with Crippen LogP contribution in [0.15, 0.2) is 6.33 Å². The number of hydrogen-bond acceptors (Lipinski definition) is 6. The molecule has 0 radical (unpaired) electrons. The molecule has 0 spiro atoms. The van der Waals surface area contributed by atoms with Crippen LogP contribution in [0.2, 0.25) is 5.15 Å². The number of nitrogens with zero attached hydrogens (tertiary/aromatic N) is 4. The standard InChI is InChI=1S/C10H12ClN5O2/c1-2-18-6(17)3-4-16-5-13-7-8(11)14-10(12)15-9(7)16/h5H,2-4H2,1H3,(H2,12,14,15). The molecule has 0 aliphatic rings. The number of aryl methyl sites for hydroxylation is 1. The molecule has 0 saturated carbocycles. The largest absolute Gasteiger partial charge is 0.466 e. The smallest absolute Gasteiger partial charge is 0.307 e. The van der Waals surface area contributed by atoms with E-state index in [0.29, 0.717) is 24.3 Å². The number of esters is 1. The number of fused-ring (bicyclic) bond motifs is 1. The van der Waals surface area contributed by atoms with Crippen LogP contribution in [0.25, 0.3) is 11.2 Å². The Balaban J connectivity index is 2.21. The Morgan fingerprint density at radius 3 is 3.06 bits per heavy atom. The molecule has 2 rings (SSSR count). The van der Waals surface area contributed by atoms with Crippen LogP contribution in [0.4, 0.5) is 5.95 Å². The summed E-state index contributed by atoms with van der Waals surface area (Å²) in [5, 5.41) is 0.201. The van der Waals surface area contributed by atoms with Gasteiger partial charge in [0, 0.05) is 6.54 Å². The highest BCUT2D eigenvalue weighted by molar-refractivity contribution is 6.33. The number of imidazole rings is 1. The third-order valence-corrected chi connectivity index (χ3v) is 2.56. The topological polar surface area (TPSA) is 95.9 Å². The summed E-state index contributed by atoms with van der Waals surface area (Å²) in [6.07, 6.45) is 1.78. The van der Waals surface area contributed by atoms with Crippen LogP contribution in [0.5, 0.6) is 0 Å². The molecule has 0 fully saturated rings. The molecule has 0 saturated heterocycles. The summed E-state index contributed by atoms with van der Waals surface area (Å²) in [6.45, 7) is 2.53. The molecule has 2 aromatic heterocycles. The summed E-state index contributed by atoms with van der Waals surface area (Å²) in [5.74, 6) is -0.196. The van der Waals surface area contributed by atoms with E-state index in [0.717, 1.165) is 0 Å². The van der Waals surface area contributed by atoms with Gasteiger partial charge in [0.15, 0.2) is 10.8 Å². The molecule has 18 heavy (non-hydrogen) atoms. The lowest BCUT2D eigenvalue weighted by molar-refractivity contribution is -0.143. The summed E-state index contributed by atoms with van der Waals surface area (Å²) >= 11 is 5.89. The zero-order valence-corrected chi connectivity index (χ0v) is 10.5. The molecule has 0 aliphatic carbocycles. The second-order valence-corrected chi connectivity index (χ2v) is 3.90. The first kappa shape index (κ1) is 12.6. The van der Waals surface area contributed by atoms with Gasteiger partial charge in [0.25, 0.3) is 0 Å². The minimum Gasteiger partial charge on any atom is -0.466 e. The van der Waals surface area contributed by atoms with Crippen LogP contribution in [0, 0.1) is 0 Å². The summed E-state index contributed by atoms with van der Waals surface area (Å²) in [4.78, 5) is 23.2. The minimum atomic E-state index is -0.271. The molecule has 0 aromatic carbocycles. The first-order valence-electron chi connectivity index (χ1n) is 5.41. The lowest BCUT2D eigenvalue weighted by atomic mass is 10.4. The monoisotopic (exact) mass is 269 g/mol. The van der Waals surface area contributed by atoms with Gasteiger partial charge in [0.1, 0.15) is 5.52 Å². The van der Waals surface area contributed by atoms with E-state index >= 15 is 0 Å². The van der Waals surface area contributed by atoms with Gasteiger partial charge in [-0.2, -0.15) is 9.97 Å². The lowest BCUT2D eigenvalue weighted by Gasteiger charge is -2.04. The van der Waals surface area contributed by atoms with Crippen LogP contribution in [0.1, 0.15) is 13.3 Å². The summed E-state index contributed by atoms with van der Waals surface area (Å²) in [5.41, 5.74) is 6.50. The van der Waals surface area contributed by atoms with Crippen molar-refractivity contribution in [3.05, 3.63) is 11.5 Å². The Bertz CT molecular complexity index is 583. The molecule has 0 amide bonds. The van der Waals surface area contributed by atoms with Crippen LogP contribution >= 0.6 is 11.6 Å². The normalized spacial score (nSPS) is 10.8. The van der Waals surface area contributed by atoms with Crippen molar-refractivity contribution in [1.82, 2.24) is 19.5 Å². The van der Waals surface area contributed by atoms with Crippen molar-refractivity contribution in [2.24, 2.45) is 0 Å². The number of halogens is 1. The molecule has 2 N–H and O–H groups in total. The summed E-state index contributed by atoms with van der Waals surface area (Å²) in [6, 6.07) is 0. The fourth-order valence-electron chi connectivity index (χ4n) is 1.53. The Morgan fingerprint density at radius 2 is 2.33 bits per heavy atom. The molecule has 0 unspecified atom stereocenters. The van der Waals surface area contributed by atoms with Crippen molar-refractivity contribution < 1.29 is 9.53 Å². The quantitative estimate of drug-likeness (QED) is 0.657. The van der Waals surface area contributed by atoms with Gasteiger partial charge in [-0.3, -0.25) is 4.79 Å². The predicted octanol–water partition coefficient (Wildman–Crippen LogP) is 1.02. The number of anilines is 1. The Morgan fingerprint density at radius 1 is 1.56 bits per heavy atom. The molecule has 7 nitrogen and oxygen atoms in total. The molecule has 0 aliphatic heterocycles. The third kappa shape index (κ3) is 2.51. The third-order valence-electron chi connectivity index (χ3n) is 2.30. The second-order valence-electron chi connectivity index (χ2n) is 3.54. The van der Waals surface area contributed by atoms with Crippen molar-refractivity contribution in [2.75, 3.05) is 12.3 Å². The SMILES string of the molecule is CCOC(=O)CCn1cnc2c(Cl)nc(N)nc21. The fourth-order valence-corrected chi connectivity index (χ4v) is 1.75. The number of ether oxygens (including phenoxy) is 1. The highest BCUT2D eigenvalue weighted by Crippen LogP contribution is 2.19. The van der Waals surface area contributed by atoms with Gasteiger partial charge < -0.3 is 15.0 Å². The van der Waals surface area contributed by atoms with E-state index < -0.39 is 0 Å². The van der Waals surface area contributed by atoms with Gasteiger partial charge in [-0.15, -0.1) is 0 Å². The lowest BCUT2D eigenvalue weighted by Crippen LogP contribution is -2.09. The van der Waals surface area contributed by atoms with E-state index in [1.165, 1.54) is 0 Å². The number of nitrogens with two attached hydrogens (primary N) is 1. The second kappa shape index (κ2) is 5.18. The number of nitrogen functional groups attached to an aromatic ring is 1. The maximum atomic E-state index is 11.3. The van der Waals surface area contributed by atoms with Gasteiger partial charge in [0.2, 0.25) is 5.95 Å². The number of carbonyl (C=O) groups is 1. The average Bonchev–Trinajstić information content (AvgIpc) is 2.70. The Labute approximate surface area is 108 Å². The highest BCUT2D eigenvalue weighted by atomic mass is 35.5. The maximum absolute atomic E-state index is 11.3. The Kier molecular flexibility index (Phi) is 3.61. The van der Waals surface area contributed by atoms with Crippen molar-refractivity contribution >= 4 is 34.7 Å². The van der Waals surface area contributed by atoms with E-state index in [2.05, 4.69) is 15.0 Å². The van der Waals surface area contributed by atoms with E-state index in [4.69, 9.17) is 22.1 Å². The van der Waals surface area contributed by atoms with Crippen molar-refractivity contribution in [3.63, 3.8) is 0 Å². The highest BCUT2D eigenvalue weighted by Gasteiger charge is 2.11. The van der Waals surface area contributed by atoms with E-state index in [-0.39, 0.29) is 23.5 Å². The predicted molar refractivity (Wildman–Crippen MR) is 66.0 cm³/mol. The maximum Gasteiger partial charge on any atom is 0.307 e. The molecule has 0 atom stereocenters. The molecular weight excluding hydrogens is 258 g/mol. The van der Waals surface area contributed by atoms with Crippen LogP contribution < -0.4 is 5.73 Å². The van der Waals surface area contributed by atoms with Crippen LogP contribution in [-0.4, -0.2) is 32.1 Å². The zero-order chi connectivity index (χ0) is 13.1. The molecule has 8 heteroatoms. The first-order chi connectivity index (χ1) is 8.61. The zero-order valence-electron chi connectivity index (χ0n) is 9.76. The number of carbonyl (C=O) groups excluding carboxylic acids is 1. The molecule has 2 heterocycles. The number of aromatic nitrogens is 4. The summed E-state index contributed by atoms with van der Waals surface area (Å²) < 4.78 is 6.53. The first-order valence-corrected chi connectivity index (χ1v) is 5.79. The Hall–Kier alpha value is -1.89. The van der Waals surface area contributed by atoms with Crippen molar-refractivity contribution in [3.8, 4) is 0 Å². The van der Waals surface area contributed by atoms with Crippen molar-refractivity contribution in [1.29, 1.82) is 0 Å².